The van der Waals surface area contributed by atoms with Crippen molar-refractivity contribution in [3.8, 4) is 0 Å². The molecule has 2 rings (SSSR count). The Morgan fingerprint density at radius 1 is 1.30 bits per heavy atom. The van der Waals surface area contributed by atoms with Crippen LogP contribution >= 0.6 is 0 Å². The zero-order valence-corrected chi connectivity index (χ0v) is 17.4. The van der Waals surface area contributed by atoms with E-state index in [9.17, 15) is 8.42 Å². The van der Waals surface area contributed by atoms with Crippen LogP contribution in [0.2, 0.25) is 0 Å². The Bertz CT molecular complexity index is 667. The topological polar surface area (TPSA) is 92.1 Å². The predicted molar refractivity (Wildman–Crippen MR) is 106 cm³/mol. The van der Waals surface area contributed by atoms with Gasteiger partial charge in [-0.25, -0.2) is 13.4 Å². The number of hydrogen-bond acceptors (Lipinski definition) is 5. The summed E-state index contributed by atoms with van der Waals surface area (Å²) in [5.41, 5.74) is 0. The van der Waals surface area contributed by atoms with Crippen LogP contribution in [0.1, 0.15) is 20.8 Å². The maximum Gasteiger partial charge on any atom is 0.216 e. The van der Waals surface area contributed by atoms with Crippen LogP contribution in [0.5, 0.6) is 0 Å². The van der Waals surface area contributed by atoms with Gasteiger partial charge in [-0.3, -0.25) is 4.99 Å². The van der Waals surface area contributed by atoms with Gasteiger partial charge in [0.2, 0.25) is 10.0 Å². The summed E-state index contributed by atoms with van der Waals surface area (Å²) in [5, 5.41) is 3.30. The Morgan fingerprint density at radius 2 is 2.04 bits per heavy atom. The summed E-state index contributed by atoms with van der Waals surface area (Å²) < 4.78 is 33.8. The highest BCUT2D eigenvalue weighted by atomic mass is 32.2. The van der Waals surface area contributed by atoms with E-state index in [0.29, 0.717) is 32.7 Å². The SMILES string of the molecule is CCNC(=NCCn1ccnc1)N1CCN(S(=O)(=O)CCOC(C)C)CC1. The van der Waals surface area contributed by atoms with Crippen molar-refractivity contribution >= 4 is 16.0 Å². The molecule has 154 valence electrons. The lowest BCUT2D eigenvalue weighted by atomic mass is 10.4. The van der Waals surface area contributed by atoms with Crippen molar-refractivity contribution in [3.63, 3.8) is 0 Å². The van der Waals surface area contributed by atoms with Crippen LogP contribution in [0.4, 0.5) is 0 Å². The smallest absolute Gasteiger partial charge is 0.216 e. The van der Waals surface area contributed by atoms with Crippen LogP contribution in [0, 0.1) is 0 Å². The Hall–Kier alpha value is -1.65. The quantitative estimate of drug-likeness (QED) is 0.471. The number of aromatic nitrogens is 2. The number of rotatable bonds is 9. The molecule has 0 amide bonds. The van der Waals surface area contributed by atoms with E-state index in [1.54, 1.807) is 16.8 Å². The lowest BCUT2D eigenvalue weighted by molar-refractivity contribution is 0.0904. The lowest BCUT2D eigenvalue weighted by Gasteiger charge is -2.36. The predicted octanol–water partition coefficient (Wildman–Crippen LogP) is 0.221. The first-order valence-corrected chi connectivity index (χ1v) is 11.1. The van der Waals surface area contributed by atoms with E-state index in [-0.39, 0.29) is 18.5 Å². The number of guanidine groups is 1. The van der Waals surface area contributed by atoms with Crippen molar-refractivity contribution in [3.05, 3.63) is 18.7 Å². The summed E-state index contributed by atoms with van der Waals surface area (Å²) in [5.74, 6) is 0.863. The first-order valence-electron chi connectivity index (χ1n) is 9.51. The number of piperazine rings is 1. The minimum absolute atomic E-state index is 0.0320. The fourth-order valence-corrected chi connectivity index (χ4v) is 4.10. The van der Waals surface area contributed by atoms with Gasteiger partial charge in [0, 0.05) is 51.7 Å². The normalized spacial score (nSPS) is 16.9. The van der Waals surface area contributed by atoms with Gasteiger partial charge in [0.15, 0.2) is 5.96 Å². The molecular formula is C17H32N6O3S. The molecule has 1 aromatic heterocycles. The van der Waals surface area contributed by atoms with Gasteiger partial charge >= 0.3 is 0 Å². The second-order valence-corrected chi connectivity index (χ2v) is 8.75. The summed E-state index contributed by atoms with van der Waals surface area (Å²) in [6.07, 6.45) is 5.48. The molecule has 0 radical (unpaired) electrons. The number of nitrogens with one attached hydrogen (secondary N) is 1. The first kappa shape index (κ1) is 21.6. The standard InChI is InChI=1S/C17H32N6O3S/c1-4-19-17(20-6-8-21-7-5-18-15-21)22-9-11-23(12-10-22)27(24,25)14-13-26-16(2)3/h5,7,15-16H,4,6,8-14H2,1-3H3,(H,19,20). The molecule has 0 aromatic carbocycles. The second kappa shape index (κ2) is 10.6. The third-order valence-corrected chi connectivity index (χ3v) is 6.07. The molecule has 27 heavy (non-hydrogen) atoms. The highest BCUT2D eigenvalue weighted by Gasteiger charge is 2.27. The Morgan fingerprint density at radius 3 is 2.63 bits per heavy atom. The number of ether oxygens (including phenoxy) is 1. The minimum atomic E-state index is -3.28. The van der Waals surface area contributed by atoms with Crippen LogP contribution in [0.15, 0.2) is 23.7 Å². The van der Waals surface area contributed by atoms with Gasteiger partial charge in [-0.1, -0.05) is 0 Å². The highest BCUT2D eigenvalue weighted by molar-refractivity contribution is 7.89. The summed E-state index contributed by atoms with van der Waals surface area (Å²) >= 11 is 0. The van der Waals surface area contributed by atoms with Crippen LogP contribution in [0.25, 0.3) is 0 Å². The van der Waals surface area contributed by atoms with E-state index in [2.05, 4.69) is 20.2 Å². The summed E-state index contributed by atoms with van der Waals surface area (Å²) in [6.45, 7) is 10.4. The molecule has 9 nitrogen and oxygen atoms in total. The zero-order valence-electron chi connectivity index (χ0n) is 16.5. The van der Waals surface area contributed by atoms with Crippen molar-refractivity contribution in [1.29, 1.82) is 0 Å². The number of imidazole rings is 1. The van der Waals surface area contributed by atoms with Gasteiger partial charge < -0.3 is 19.5 Å². The molecule has 1 saturated heterocycles. The number of aliphatic imine (C=N–C) groups is 1. The third-order valence-electron chi connectivity index (χ3n) is 4.24. The average molecular weight is 401 g/mol. The summed E-state index contributed by atoms with van der Waals surface area (Å²) in [4.78, 5) is 10.8. The van der Waals surface area contributed by atoms with E-state index < -0.39 is 10.0 Å². The third kappa shape index (κ3) is 7.11. The highest BCUT2D eigenvalue weighted by Crippen LogP contribution is 2.09. The molecule has 0 bridgehead atoms. The van der Waals surface area contributed by atoms with E-state index in [0.717, 1.165) is 19.0 Å². The van der Waals surface area contributed by atoms with Crippen LogP contribution in [-0.2, 0) is 21.3 Å². The summed E-state index contributed by atoms with van der Waals surface area (Å²) in [7, 11) is -3.28. The zero-order chi connectivity index (χ0) is 19.7. The number of hydrogen-bond donors (Lipinski definition) is 1. The molecule has 0 atom stereocenters. The largest absolute Gasteiger partial charge is 0.378 e. The van der Waals surface area contributed by atoms with Crippen LogP contribution in [0.3, 0.4) is 0 Å². The first-order chi connectivity index (χ1) is 12.9. The van der Waals surface area contributed by atoms with Gasteiger partial charge in [-0.15, -0.1) is 0 Å². The maximum atomic E-state index is 12.4. The lowest BCUT2D eigenvalue weighted by Crippen LogP contribution is -2.54. The van der Waals surface area contributed by atoms with E-state index in [1.165, 1.54) is 0 Å². The fourth-order valence-electron chi connectivity index (χ4n) is 2.81. The summed E-state index contributed by atoms with van der Waals surface area (Å²) in [6, 6.07) is 0. The minimum Gasteiger partial charge on any atom is -0.378 e. The van der Waals surface area contributed by atoms with Gasteiger partial charge in [0.1, 0.15) is 0 Å². The maximum absolute atomic E-state index is 12.4. The van der Waals surface area contributed by atoms with Crippen LogP contribution in [-0.4, -0.2) is 90.9 Å². The molecule has 1 fully saturated rings. The van der Waals surface area contributed by atoms with Gasteiger partial charge in [-0.2, -0.15) is 4.31 Å². The van der Waals surface area contributed by atoms with Crippen molar-refractivity contribution < 1.29 is 13.2 Å². The van der Waals surface area contributed by atoms with Gasteiger partial charge in [-0.05, 0) is 20.8 Å². The second-order valence-electron chi connectivity index (χ2n) is 6.66. The Labute approximate surface area is 162 Å². The monoisotopic (exact) mass is 400 g/mol. The van der Waals surface area contributed by atoms with Crippen LogP contribution < -0.4 is 5.32 Å². The molecule has 0 spiro atoms. The van der Waals surface area contributed by atoms with E-state index in [1.807, 2.05) is 31.5 Å². The van der Waals surface area contributed by atoms with Crippen molar-refractivity contribution in [1.82, 2.24) is 24.1 Å². The van der Waals surface area contributed by atoms with E-state index in [4.69, 9.17) is 4.74 Å². The fraction of sp³-hybridized carbons (Fsp3) is 0.765. The molecule has 0 unspecified atom stereocenters. The Balaban J connectivity index is 1.85. The van der Waals surface area contributed by atoms with Crippen molar-refractivity contribution in [2.24, 2.45) is 4.99 Å². The molecule has 2 heterocycles. The Kier molecular flexibility index (Phi) is 8.52. The molecular weight excluding hydrogens is 368 g/mol. The average Bonchev–Trinajstić information content (AvgIpc) is 3.14. The number of sulfonamides is 1. The molecule has 1 aliphatic heterocycles. The molecule has 1 aliphatic rings. The van der Waals surface area contributed by atoms with Gasteiger partial charge in [0.05, 0.1) is 31.3 Å². The molecule has 0 aliphatic carbocycles. The molecule has 10 heteroatoms. The van der Waals surface area contributed by atoms with Crippen molar-refractivity contribution in [2.75, 3.05) is 51.6 Å². The van der Waals surface area contributed by atoms with Gasteiger partial charge in [0.25, 0.3) is 0 Å². The van der Waals surface area contributed by atoms with E-state index >= 15 is 0 Å². The molecule has 0 saturated carbocycles. The number of nitrogens with zero attached hydrogens (tertiary/aromatic N) is 5. The molecule has 1 N–H and O–H groups in total. The van der Waals surface area contributed by atoms with Crippen molar-refractivity contribution in [2.45, 2.75) is 33.4 Å². The molecule has 1 aromatic rings.